The number of Topliss-reactive ketones (excluding diaryl/α,β-unsaturated/α-hetero) is 2. The van der Waals surface area contributed by atoms with E-state index in [0.717, 1.165) is 23.4 Å². The topological polar surface area (TPSA) is 99.2 Å². The van der Waals surface area contributed by atoms with E-state index in [0.29, 0.717) is 61.1 Å². The molecule has 9 heteroatoms. The number of aryl methyl sites for hydroxylation is 1. The monoisotopic (exact) mass is 675 g/mol. The van der Waals surface area contributed by atoms with E-state index in [1.807, 2.05) is 19.9 Å². The first kappa shape index (κ1) is 35.6. The highest BCUT2D eigenvalue weighted by Crippen LogP contribution is 2.55. The zero-order chi connectivity index (χ0) is 35.0. The molecule has 0 atom stereocenters. The van der Waals surface area contributed by atoms with Gasteiger partial charge in [-0.1, -0.05) is 57.5 Å². The van der Waals surface area contributed by atoms with Crippen LogP contribution in [0.5, 0.6) is 11.5 Å². The molecule has 0 N–H and O–H groups in total. The van der Waals surface area contributed by atoms with Crippen molar-refractivity contribution in [1.82, 2.24) is 4.90 Å². The molecule has 0 unspecified atom stereocenters. The molecule has 0 spiro atoms. The van der Waals surface area contributed by atoms with Crippen LogP contribution in [0.15, 0.2) is 76.5 Å². The fourth-order valence-corrected chi connectivity index (χ4v) is 8.37. The number of ether oxygens (including phenoxy) is 2. The van der Waals surface area contributed by atoms with Gasteiger partial charge in [0, 0.05) is 67.1 Å². The summed E-state index contributed by atoms with van der Waals surface area (Å²) in [5, 5.41) is 0. The van der Waals surface area contributed by atoms with Crippen LogP contribution in [0, 0.1) is 17.8 Å². The van der Waals surface area contributed by atoms with Gasteiger partial charge in [0.15, 0.2) is 23.1 Å². The van der Waals surface area contributed by atoms with Crippen LogP contribution in [0.25, 0.3) is 0 Å². The molecule has 2 aromatic rings. The molecule has 2 aliphatic carbocycles. The van der Waals surface area contributed by atoms with E-state index in [1.165, 1.54) is 12.1 Å². The molecule has 5 rings (SSSR count). The first-order valence-electron chi connectivity index (χ1n) is 16.8. The Bertz CT molecular complexity index is 1730. The van der Waals surface area contributed by atoms with Crippen LogP contribution >= 0.6 is 0 Å². The van der Waals surface area contributed by atoms with Gasteiger partial charge in [-0.05, 0) is 74.1 Å². The van der Waals surface area contributed by atoms with Gasteiger partial charge in [0.05, 0.1) is 6.61 Å². The number of hydrogen-bond acceptors (Lipinski definition) is 8. The number of carbonyl (C=O) groups is 2. The molecule has 258 valence electrons. The molecule has 0 radical (unpaired) electrons. The SMILES string of the molecule is C=CCc1cc(C2C3=C(CC(C)(C)CC3=O)N(CCCOC)C3=C2C(=O)CC(C)(C)C3)cc(OCC)c1OS(=O)(=O)c1ccc(C)cc1. The molecular weight excluding hydrogens is 626 g/mol. The van der Waals surface area contributed by atoms with Gasteiger partial charge in [0.2, 0.25) is 0 Å². The Hall–Kier alpha value is -3.69. The molecule has 1 heterocycles. The van der Waals surface area contributed by atoms with Crippen molar-refractivity contribution in [3.63, 3.8) is 0 Å². The third-order valence-corrected chi connectivity index (χ3v) is 10.6. The predicted octanol–water partition coefficient (Wildman–Crippen LogP) is 7.61. The molecule has 8 nitrogen and oxygen atoms in total. The third kappa shape index (κ3) is 7.18. The van der Waals surface area contributed by atoms with Gasteiger partial charge in [-0.25, -0.2) is 0 Å². The summed E-state index contributed by atoms with van der Waals surface area (Å²) in [5.74, 6) is -0.253. The summed E-state index contributed by atoms with van der Waals surface area (Å²) in [6.45, 7) is 17.5. The van der Waals surface area contributed by atoms with E-state index in [1.54, 1.807) is 31.4 Å². The molecule has 0 aromatic heterocycles. The summed E-state index contributed by atoms with van der Waals surface area (Å²) < 4.78 is 44.4. The number of ketones is 2. The van der Waals surface area contributed by atoms with E-state index in [2.05, 4.69) is 39.2 Å². The highest BCUT2D eigenvalue weighted by Gasteiger charge is 2.49. The van der Waals surface area contributed by atoms with Gasteiger partial charge in [0.1, 0.15) is 4.90 Å². The van der Waals surface area contributed by atoms with Gasteiger partial charge in [-0.3, -0.25) is 9.59 Å². The van der Waals surface area contributed by atoms with Crippen molar-refractivity contribution in [3.05, 3.63) is 88.3 Å². The standard InChI is InChI=1S/C39H49NO7S/c1-9-12-26-19-27(20-33(46-10-2)37(26)47-48(43,44)28-15-13-25(3)14-16-28)34-35-29(21-38(4,5)23-31(35)41)40(17-11-18-45-8)30-22-39(6,7)24-32(42)36(30)34/h9,13-16,19-20,34H,1,10-12,17-18,21-24H2,2-8H3. The van der Waals surface area contributed by atoms with Crippen molar-refractivity contribution in [1.29, 1.82) is 0 Å². The number of allylic oxidation sites excluding steroid dienone is 5. The highest BCUT2D eigenvalue weighted by molar-refractivity contribution is 7.87. The van der Waals surface area contributed by atoms with Crippen molar-refractivity contribution in [2.24, 2.45) is 10.8 Å². The highest BCUT2D eigenvalue weighted by atomic mass is 32.2. The smallest absolute Gasteiger partial charge is 0.339 e. The maximum atomic E-state index is 14.3. The van der Waals surface area contributed by atoms with Crippen molar-refractivity contribution in [2.45, 2.75) is 90.9 Å². The summed E-state index contributed by atoms with van der Waals surface area (Å²) >= 11 is 0. The second-order valence-corrected chi connectivity index (χ2v) is 16.4. The Morgan fingerprint density at radius 2 is 1.52 bits per heavy atom. The number of rotatable bonds is 12. The van der Waals surface area contributed by atoms with Gasteiger partial charge in [-0.2, -0.15) is 8.42 Å². The Labute approximate surface area is 286 Å². The molecule has 0 fully saturated rings. The van der Waals surface area contributed by atoms with E-state index >= 15 is 0 Å². The summed E-state index contributed by atoms with van der Waals surface area (Å²) in [6.07, 6.45) is 4.82. The lowest BCUT2D eigenvalue weighted by Crippen LogP contribution is -2.44. The van der Waals surface area contributed by atoms with E-state index in [4.69, 9.17) is 13.7 Å². The maximum Gasteiger partial charge on any atom is 0.339 e. The zero-order valence-electron chi connectivity index (χ0n) is 29.4. The van der Waals surface area contributed by atoms with Gasteiger partial charge in [0.25, 0.3) is 0 Å². The predicted molar refractivity (Wildman–Crippen MR) is 187 cm³/mol. The molecule has 0 saturated carbocycles. The number of hydrogen-bond donors (Lipinski definition) is 0. The zero-order valence-corrected chi connectivity index (χ0v) is 30.2. The summed E-state index contributed by atoms with van der Waals surface area (Å²) in [5.41, 5.74) is 4.89. The molecular formula is C39H49NO7S. The fourth-order valence-electron chi connectivity index (χ4n) is 7.40. The van der Waals surface area contributed by atoms with Gasteiger partial charge >= 0.3 is 10.1 Å². The van der Waals surface area contributed by atoms with Gasteiger partial charge < -0.3 is 18.6 Å². The molecule has 1 aliphatic heterocycles. The Balaban J connectivity index is 1.74. The molecule has 48 heavy (non-hydrogen) atoms. The van der Waals surface area contributed by atoms with Crippen molar-refractivity contribution >= 4 is 21.7 Å². The number of benzene rings is 2. The largest absolute Gasteiger partial charge is 0.490 e. The van der Waals surface area contributed by atoms with E-state index in [9.17, 15) is 18.0 Å². The molecule has 0 saturated heterocycles. The van der Waals surface area contributed by atoms with Crippen LogP contribution in [-0.2, 0) is 30.9 Å². The van der Waals surface area contributed by atoms with Crippen LogP contribution in [0.4, 0.5) is 0 Å². The fraction of sp³-hybridized carbons (Fsp3) is 0.487. The van der Waals surface area contributed by atoms with Crippen LogP contribution in [0.3, 0.4) is 0 Å². The molecule has 0 bridgehead atoms. The van der Waals surface area contributed by atoms with Crippen LogP contribution in [0.2, 0.25) is 0 Å². The average Bonchev–Trinajstić information content (AvgIpc) is 2.98. The quantitative estimate of drug-likeness (QED) is 0.129. The molecule has 2 aromatic carbocycles. The Kier molecular flexibility index (Phi) is 10.1. The van der Waals surface area contributed by atoms with Crippen molar-refractivity contribution in [2.75, 3.05) is 26.9 Å². The normalized spacial score (nSPS) is 19.3. The molecule has 0 amide bonds. The molecule has 3 aliphatic rings. The van der Waals surface area contributed by atoms with E-state index in [-0.39, 0.29) is 51.8 Å². The number of methoxy groups -OCH3 is 1. The second-order valence-electron chi connectivity index (χ2n) is 14.8. The first-order chi connectivity index (χ1) is 22.6. The van der Waals surface area contributed by atoms with Crippen LogP contribution in [0.1, 0.15) is 89.3 Å². The van der Waals surface area contributed by atoms with Gasteiger partial charge in [-0.15, -0.1) is 6.58 Å². The first-order valence-corrected chi connectivity index (χ1v) is 18.2. The average molecular weight is 676 g/mol. The lowest BCUT2D eigenvalue weighted by atomic mass is 9.63. The van der Waals surface area contributed by atoms with Crippen LogP contribution in [-0.4, -0.2) is 51.8 Å². The maximum absolute atomic E-state index is 14.3. The second kappa shape index (κ2) is 13.7. The Morgan fingerprint density at radius 1 is 0.938 bits per heavy atom. The lowest BCUT2D eigenvalue weighted by Gasteiger charge is -2.49. The minimum absolute atomic E-state index is 0.0256. The number of nitrogens with zero attached hydrogens (tertiary/aromatic N) is 1. The summed E-state index contributed by atoms with van der Waals surface area (Å²) in [4.78, 5) is 30.8. The third-order valence-electron chi connectivity index (χ3n) is 9.41. The lowest BCUT2D eigenvalue weighted by molar-refractivity contribution is -0.119. The van der Waals surface area contributed by atoms with Crippen molar-refractivity contribution in [3.8, 4) is 11.5 Å². The van der Waals surface area contributed by atoms with E-state index < -0.39 is 16.0 Å². The summed E-state index contributed by atoms with van der Waals surface area (Å²) in [6, 6.07) is 10.1. The minimum atomic E-state index is -4.21. The van der Waals surface area contributed by atoms with Crippen LogP contribution < -0.4 is 8.92 Å². The number of carbonyl (C=O) groups excluding carboxylic acids is 2. The minimum Gasteiger partial charge on any atom is -0.490 e. The Morgan fingerprint density at radius 3 is 2.04 bits per heavy atom. The van der Waals surface area contributed by atoms with Crippen molar-refractivity contribution < 1.29 is 31.7 Å². The summed E-state index contributed by atoms with van der Waals surface area (Å²) in [7, 11) is -2.53.